The highest BCUT2D eigenvalue weighted by Crippen LogP contribution is 2.61. The molecule has 1 heteroatoms. The van der Waals surface area contributed by atoms with Crippen molar-refractivity contribution < 1.29 is 0 Å². The number of nitrogens with zero attached hydrogens (tertiary/aromatic N) is 1. The van der Waals surface area contributed by atoms with Crippen LogP contribution < -0.4 is 0 Å². The quantitative estimate of drug-likeness (QED) is 0.639. The second kappa shape index (κ2) is 3.62. The van der Waals surface area contributed by atoms with E-state index in [4.69, 9.17) is 0 Å². The monoisotopic (exact) mass is 205 g/mol. The van der Waals surface area contributed by atoms with E-state index in [0.29, 0.717) is 5.54 Å². The van der Waals surface area contributed by atoms with E-state index in [9.17, 15) is 0 Å². The Kier molecular flexibility index (Phi) is 2.39. The standard InChI is InChI=1S/C14H23N/c1-2-6-12-7-5-8-13-11-14(12,13)15-9-3-4-10-15/h2,12-13H,1,3-11H2/t12-,13?,14+/m0/s1. The van der Waals surface area contributed by atoms with Crippen LogP contribution in [-0.4, -0.2) is 23.5 Å². The normalized spacial score (nSPS) is 45.1. The molecule has 3 fully saturated rings. The van der Waals surface area contributed by atoms with Crippen LogP contribution in [0.3, 0.4) is 0 Å². The molecule has 0 aromatic heterocycles. The minimum Gasteiger partial charge on any atom is -0.297 e. The molecule has 0 aromatic rings. The van der Waals surface area contributed by atoms with Crippen LogP contribution in [0, 0.1) is 11.8 Å². The van der Waals surface area contributed by atoms with Crippen LogP contribution in [0.25, 0.3) is 0 Å². The molecule has 3 rings (SSSR count). The van der Waals surface area contributed by atoms with Crippen molar-refractivity contribution in [3.8, 4) is 0 Å². The van der Waals surface area contributed by atoms with Crippen molar-refractivity contribution in [1.29, 1.82) is 0 Å². The van der Waals surface area contributed by atoms with E-state index in [2.05, 4.69) is 17.6 Å². The number of hydrogen-bond donors (Lipinski definition) is 0. The van der Waals surface area contributed by atoms with E-state index in [0.717, 1.165) is 11.8 Å². The molecule has 0 radical (unpaired) electrons. The van der Waals surface area contributed by atoms with Gasteiger partial charge in [0.25, 0.3) is 0 Å². The van der Waals surface area contributed by atoms with Crippen molar-refractivity contribution >= 4 is 0 Å². The number of hydrogen-bond acceptors (Lipinski definition) is 1. The summed E-state index contributed by atoms with van der Waals surface area (Å²) in [6, 6.07) is 0. The molecule has 1 aliphatic heterocycles. The molecule has 3 atom stereocenters. The van der Waals surface area contributed by atoms with Gasteiger partial charge in [-0.15, -0.1) is 6.58 Å². The second-order valence-corrected chi connectivity index (χ2v) is 5.74. The molecule has 1 unspecified atom stereocenters. The first-order chi connectivity index (χ1) is 7.38. The highest BCUT2D eigenvalue weighted by Gasteiger charge is 2.62. The summed E-state index contributed by atoms with van der Waals surface area (Å²) in [6.07, 6.45) is 12.2. The molecule has 0 bridgehead atoms. The van der Waals surface area contributed by atoms with Gasteiger partial charge in [-0.05, 0) is 63.5 Å². The lowest BCUT2D eigenvalue weighted by molar-refractivity contribution is 0.106. The predicted octanol–water partition coefficient (Wildman–Crippen LogP) is 3.22. The summed E-state index contributed by atoms with van der Waals surface area (Å²) < 4.78 is 0. The van der Waals surface area contributed by atoms with Crippen molar-refractivity contribution in [2.24, 2.45) is 11.8 Å². The molecular formula is C14H23N. The van der Waals surface area contributed by atoms with Gasteiger partial charge in [-0.3, -0.25) is 4.90 Å². The zero-order valence-electron chi connectivity index (χ0n) is 9.75. The Balaban J connectivity index is 1.78. The molecule has 3 aliphatic rings. The molecule has 1 heterocycles. The third-order valence-corrected chi connectivity index (χ3v) is 5.08. The van der Waals surface area contributed by atoms with Crippen LogP contribution in [-0.2, 0) is 0 Å². The van der Waals surface area contributed by atoms with Gasteiger partial charge < -0.3 is 0 Å². The fraction of sp³-hybridized carbons (Fsp3) is 0.857. The first kappa shape index (κ1) is 9.89. The maximum absolute atomic E-state index is 3.95. The smallest absolute Gasteiger partial charge is 0.0272 e. The number of allylic oxidation sites excluding steroid dienone is 1. The van der Waals surface area contributed by atoms with Crippen molar-refractivity contribution in [1.82, 2.24) is 4.90 Å². The van der Waals surface area contributed by atoms with Crippen molar-refractivity contribution in [3.05, 3.63) is 12.7 Å². The summed E-state index contributed by atoms with van der Waals surface area (Å²) in [4.78, 5) is 2.84. The largest absolute Gasteiger partial charge is 0.297 e. The molecule has 0 N–H and O–H groups in total. The van der Waals surface area contributed by atoms with Gasteiger partial charge in [0.05, 0.1) is 0 Å². The average molecular weight is 205 g/mol. The average Bonchev–Trinajstić information content (AvgIpc) is 2.76. The summed E-state index contributed by atoms with van der Waals surface area (Å²) in [6.45, 7) is 6.71. The van der Waals surface area contributed by atoms with E-state index in [-0.39, 0.29) is 0 Å². The van der Waals surface area contributed by atoms with Gasteiger partial charge in [-0.1, -0.05) is 12.5 Å². The van der Waals surface area contributed by atoms with Crippen LogP contribution in [0.15, 0.2) is 12.7 Å². The Hall–Kier alpha value is -0.300. The van der Waals surface area contributed by atoms with Gasteiger partial charge in [0.15, 0.2) is 0 Å². The molecule has 0 aromatic carbocycles. The van der Waals surface area contributed by atoms with Gasteiger partial charge in [-0.2, -0.15) is 0 Å². The van der Waals surface area contributed by atoms with Crippen LogP contribution in [0.2, 0.25) is 0 Å². The Morgan fingerprint density at radius 2 is 2.00 bits per heavy atom. The lowest BCUT2D eigenvalue weighted by atomic mass is 9.81. The SMILES string of the molecule is C=CC[C@H]1CCCC2C[C@]21N1CCCC1. The van der Waals surface area contributed by atoms with E-state index in [1.165, 1.54) is 58.0 Å². The zero-order valence-corrected chi connectivity index (χ0v) is 9.75. The van der Waals surface area contributed by atoms with Crippen molar-refractivity contribution in [2.75, 3.05) is 13.1 Å². The molecule has 1 saturated heterocycles. The van der Waals surface area contributed by atoms with Crippen LogP contribution >= 0.6 is 0 Å². The van der Waals surface area contributed by atoms with Crippen LogP contribution in [0.4, 0.5) is 0 Å². The minimum absolute atomic E-state index is 0.656. The second-order valence-electron chi connectivity index (χ2n) is 5.74. The van der Waals surface area contributed by atoms with Crippen molar-refractivity contribution in [2.45, 2.75) is 50.5 Å². The van der Waals surface area contributed by atoms with E-state index in [1.807, 2.05) is 0 Å². The van der Waals surface area contributed by atoms with E-state index >= 15 is 0 Å². The molecular weight excluding hydrogens is 182 g/mol. The first-order valence-corrected chi connectivity index (χ1v) is 6.74. The first-order valence-electron chi connectivity index (χ1n) is 6.74. The summed E-state index contributed by atoms with van der Waals surface area (Å²) in [5.41, 5.74) is 0.656. The topological polar surface area (TPSA) is 3.24 Å². The third-order valence-electron chi connectivity index (χ3n) is 5.08. The highest BCUT2D eigenvalue weighted by molar-refractivity contribution is 5.18. The molecule has 0 spiro atoms. The fourth-order valence-corrected chi connectivity index (χ4v) is 4.35. The molecule has 1 nitrogen and oxygen atoms in total. The molecule has 2 aliphatic carbocycles. The molecule has 2 saturated carbocycles. The zero-order chi connectivity index (χ0) is 10.3. The predicted molar refractivity (Wildman–Crippen MR) is 63.8 cm³/mol. The number of likely N-dealkylation sites (tertiary alicyclic amines) is 1. The lowest BCUT2D eigenvalue weighted by Crippen LogP contribution is -2.44. The third kappa shape index (κ3) is 1.39. The van der Waals surface area contributed by atoms with Gasteiger partial charge in [-0.25, -0.2) is 0 Å². The van der Waals surface area contributed by atoms with E-state index < -0.39 is 0 Å². The van der Waals surface area contributed by atoms with E-state index in [1.54, 1.807) is 0 Å². The minimum atomic E-state index is 0.656. The Morgan fingerprint density at radius 3 is 2.73 bits per heavy atom. The summed E-state index contributed by atoms with van der Waals surface area (Å²) >= 11 is 0. The van der Waals surface area contributed by atoms with Crippen LogP contribution in [0.1, 0.15) is 44.9 Å². The summed E-state index contributed by atoms with van der Waals surface area (Å²) in [7, 11) is 0. The molecule has 15 heavy (non-hydrogen) atoms. The molecule has 0 amide bonds. The maximum Gasteiger partial charge on any atom is 0.0272 e. The Morgan fingerprint density at radius 1 is 1.20 bits per heavy atom. The number of fused-ring (bicyclic) bond motifs is 1. The van der Waals surface area contributed by atoms with Gasteiger partial charge >= 0.3 is 0 Å². The van der Waals surface area contributed by atoms with Gasteiger partial charge in [0.2, 0.25) is 0 Å². The fourth-order valence-electron chi connectivity index (χ4n) is 4.35. The maximum atomic E-state index is 3.95. The molecule has 84 valence electrons. The summed E-state index contributed by atoms with van der Waals surface area (Å²) in [5, 5.41) is 0. The summed E-state index contributed by atoms with van der Waals surface area (Å²) in [5.74, 6) is 1.99. The van der Waals surface area contributed by atoms with Gasteiger partial charge in [0.1, 0.15) is 0 Å². The number of rotatable bonds is 3. The Bertz CT molecular complexity index is 254. The van der Waals surface area contributed by atoms with Gasteiger partial charge in [0, 0.05) is 5.54 Å². The van der Waals surface area contributed by atoms with Crippen molar-refractivity contribution in [3.63, 3.8) is 0 Å². The van der Waals surface area contributed by atoms with Crippen LogP contribution in [0.5, 0.6) is 0 Å². The Labute approximate surface area is 93.5 Å². The highest BCUT2D eigenvalue weighted by atomic mass is 15.3. The lowest BCUT2D eigenvalue weighted by Gasteiger charge is -2.39.